The fourth-order valence-corrected chi connectivity index (χ4v) is 1.66. The van der Waals surface area contributed by atoms with Crippen LogP contribution in [0.2, 0.25) is 0 Å². The van der Waals surface area contributed by atoms with Crippen molar-refractivity contribution in [2.45, 2.75) is 53.1 Å². The second kappa shape index (κ2) is 9.37. The minimum Gasteiger partial charge on any atom is -0.404 e. The largest absolute Gasteiger partial charge is 0.404 e. The molecule has 0 aliphatic carbocycles. The van der Waals surface area contributed by atoms with Gasteiger partial charge in [-0.15, -0.1) is 11.8 Å². The summed E-state index contributed by atoms with van der Waals surface area (Å²) in [6.45, 7) is 10.1. The number of nitrogens with two attached hydrogens (primary N) is 1. The van der Waals surface area contributed by atoms with Gasteiger partial charge < -0.3 is 10.8 Å². The highest BCUT2D eigenvalue weighted by molar-refractivity contribution is 8.03. The van der Waals surface area contributed by atoms with Gasteiger partial charge in [0.15, 0.2) is 0 Å². The van der Waals surface area contributed by atoms with Crippen LogP contribution in [0.3, 0.4) is 0 Å². The van der Waals surface area contributed by atoms with Crippen LogP contribution >= 0.6 is 11.8 Å². The monoisotopic (exact) mass is 292 g/mol. The Balaban J connectivity index is 0. The zero-order valence-electron chi connectivity index (χ0n) is 13.2. The number of aliphatic hydroxyl groups is 1. The molecule has 0 aromatic heterocycles. The summed E-state index contributed by atoms with van der Waals surface area (Å²) in [7, 11) is 1.38. The summed E-state index contributed by atoms with van der Waals surface area (Å²) in [6, 6.07) is 0. The minimum atomic E-state index is -0.553. The predicted molar refractivity (Wildman–Crippen MR) is 85.2 cm³/mol. The van der Waals surface area contributed by atoms with Crippen LogP contribution in [0.4, 0.5) is 4.39 Å². The van der Waals surface area contributed by atoms with Crippen LogP contribution < -0.4 is 5.73 Å². The quantitative estimate of drug-likeness (QED) is 0.759. The van der Waals surface area contributed by atoms with Crippen molar-refractivity contribution in [2.75, 3.05) is 13.3 Å². The average molecular weight is 292 g/mol. The lowest BCUT2D eigenvalue weighted by Crippen LogP contribution is -2.38. The van der Waals surface area contributed by atoms with Crippen molar-refractivity contribution < 1.29 is 9.50 Å². The summed E-state index contributed by atoms with van der Waals surface area (Å²) in [5.41, 5.74) is 4.55. The maximum atomic E-state index is 12.4. The molecule has 3 N–H and O–H groups in total. The van der Waals surface area contributed by atoms with Crippen molar-refractivity contribution >= 4 is 17.7 Å². The summed E-state index contributed by atoms with van der Waals surface area (Å²) in [6.07, 6.45) is 5.16. The maximum absolute atomic E-state index is 12.4. The van der Waals surface area contributed by atoms with Crippen LogP contribution in [-0.4, -0.2) is 30.0 Å². The van der Waals surface area contributed by atoms with E-state index < -0.39 is 11.6 Å². The Kier molecular flexibility index (Phi) is 10.2. The second-order valence-corrected chi connectivity index (χ2v) is 6.29. The third-order valence-corrected chi connectivity index (χ3v) is 4.05. The molecule has 114 valence electrons. The Labute approximate surface area is 121 Å². The Bertz CT molecular complexity index is 307. The summed E-state index contributed by atoms with van der Waals surface area (Å²) in [4.78, 5) is 3.68. The molecule has 0 amide bonds. The predicted octanol–water partition coefficient (Wildman–Crippen LogP) is 3.73. The second-order valence-electron chi connectivity index (χ2n) is 5.44. The number of nitrogens with zero attached hydrogens (tertiary/aromatic N) is 1. The first-order valence-electron chi connectivity index (χ1n) is 6.38. The highest BCUT2D eigenvalue weighted by Gasteiger charge is 2.33. The molecule has 0 aromatic carbocycles. The molecule has 19 heavy (non-hydrogen) atoms. The molecule has 0 atom stereocenters. The molecule has 0 aliphatic heterocycles. The molecule has 0 saturated heterocycles. The number of rotatable bonds is 5. The molecular weight excluding hydrogens is 263 g/mol. The molecule has 0 unspecified atom stereocenters. The molecule has 0 rings (SSSR count). The van der Waals surface area contributed by atoms with Gasteiger partial charge in [0.25, 0.3) is 0 Å². The van der Waals surface area contributed by atoms with Crippen LogP contribution in [0.15, 0.2) is 16.1 Å². The van der Waals surface area contributed by atoms with Crippen LogP contribution in [0.5, 0.6) is 0 Å². The number of halogens is 1. The van der Waals surface area contributed by atoms with Crippen LogP contribution in [0, 0.1) is 5.41 Å². The first-order valence-corrected chi connectivity index (χ1v) is 7.60. The van der Waals surface area contributed by atoms with Crippen molar-refractivity contribution in [2.24, 2.45) is 16.1 Å². The van der Waals surface area contributed by atoms with Gasteiger partial charge in [0, 0.05) is 13.2 Å². The summed E-state index contributed by atoms with van der Waals surface area (Å²) in [5.74, 6) is -0.509. The Morgan fingerprint density at radius 1 is 1.37 bits per heavy atom. The van der Waals surface area contributed by atoms with Crippen molar-refractivity contribution in [3.05, 3.63) is 11.1 Å². The minimum absolute atomic E-state index is 0.0434. The molecule has 3 nitrogen and oxygen atoms in total. The van der Waals surface area contributed by atoms with Crippen LogP contribution in [0.1, 0.15) is 47.5 Å². The van der Waals surface area contributed by atoms with E-state index in [1.54, 1.807) is 6.26 Å². The summed E-state index contributed by atoms with van der Waals surface area (Å²) >= 11 is 1.23. The number of hydrogen-bond donors (Lipinski definition) is 2. The van der Waals surface area contributed by atoms with Crippen molar-refractivity contribution in [1.29, 1.82) is 0 Å². The van der Waals surface area contributed by atoms with E-state index in [0.717, 1.165) is 12.8 Å². The lowest BCUT2D eigenvalue weighted by Gasteiger charge is -2.37. The fourth-order valence-electron chi connectivity index (χ4n) is 1.26. The van der Waals surface area contributed by atoms with E-state index >= 15 is 0 Å². The third-order valence-electron chi connectivity index (χ3n) is 3.30. The smallest absolute Gasteiger partial charge is 0.223 e. The fraction of sp³-hybridized carbons (Fsp3) is 0.786. The lowest BCUT2D eigenvalue weighted by molar-refractivity contribution is -0.0396. The maximum Gasteiger partial charge on any atom is 0.223 e. The van der Waals surface area contributed by atoms with Gasteiger partial charge in [-0.05, 0) is 31.9 Å². The van der Waals surface area contributed by atoms with Crippen molar-refractivity contribution in [3.63, 3.8) is 0 Å². The van der Waals surface area contributed by atoms with E-state index in [1.165, 1.54) is 25.0 Å². The zero-order chi connectivity index (χ0) is 15.7. The van der Waals surface area contributed by atoms with E-state index in [1.807, 2.05) is 13.8 Å². The van der Waals surface area contributed by atoms with Gasteiger partial charge in [0.2, 0.25) is 5.97 Å². The van der Waals surface area contributed by atoms with Gasteiger partial charge in [-0.1, -0.05) is 27.2 Å². The number of allylic oxidation sites excluding steroid dienone is 1. The standard InChI is InChI=1S/C9H20O.C5H9FN2S/c1-6-7-8(2,3)9(4,5)10;1-8-5(6)4(3-7)9-2/h10H,6-7H2,1-5H3;3H,7H2,1-2H3/b;4-3+,8-5?. The van der Waals surface area contributed by atoms with E-state index in [9.17, 15) is 9.50 Å². The molecule has 0 heterocycles. The molecule has 0 saturated carbocycles. The molecule has 5 heteroatoms. The molecule has 0 aliphatic rings. The molecular formula is C14H29FN2OS. The molecule has 0 spiro atoms. The van der Waals surface area contributed by atoms with Gasteiger partial charge in [0.05, 0.1) is 10.5 Å². The molecule has 0 bridgehead atoms. The Morgan fingerprint density at radius 3 is 1.95 bits per heavy atom. The van der Waals surface area contributed by atoms with Gasteiger partial charge >= 0.3 is 0 Å². The Morgan fingerprint density at radius 2 is 1.84 bits per heavy atom. The Hall–Kier alpha value is -0.550. The number of hydrogen-bond acceptors (Lipinski definition) is 4. The van der Waals surface area contributed by atoms with Crippen molar-refractivity contribution in [3.8, 4) is 0 Å². The zero-order valence-corrected chi connectivity index (χ0v) is 14.1. The first-order chi connectivity index (χ1) is 8.57. The van der Waals surface area contributed by atoms with Gasteiger partial charge in [-0.3, -0.25) is 4.99 Å². The number of thioether (sulfide) groups is 1. The summed E-state index contributed by atoms with van der Waals surface area (Å²) in [5, 5.41) is 9.68. The van der Waals surface area contributed by atoms with Crippen molar-refractivity contribution in [1.82, 2.24) is 0 Å². The first kappa shape index (κ1) is 20.8. The molecule has 0 aromatic rings. The third kappa shape index (κ3) is 8.26. The normalized spacial score (nSPS) is 13.9. The topological polar surface area (TPSA) is 58.6 Å². The molecule has 0 fully saturated rings. The van der Waals surface area contributed by atoms with Crippen LogP contribution in [-0.2, 0) is 0 Å². The van der Waals surface area contributed by atoms with E-state index in [-0.39, 0.29) is 5.41 Å². The van der Waals surface area contributed by atoms with Gasteiger partial charge in [-0.25, -0.2) is 0 Å². The van der Waals surface area contributed by atoms with E-state index in [0.29, 0.717) is 4.91 Å². The SMILES string of the molecule is CCCC(C)(C)C(C)(C)O.CN=C(F)/C(=C\N)SC. The highest BCUT2D eigenvalue weighted by Crippen LogP contribution is 2.34. The van der Waals surface area contributed by atoms with Crippen LogP contribution in [0.25, 0.3) is 0 Å². The highest BCUT2D eigenvalue weighted by atomic mass is 32.2. The van der Waals surface area contributed by atoms with E-state index in [2.05, 4.69) is 25.8 Å². The van der Waals surface area contributed by atoms with Gasteiger partial charge in [0.1, 0.15) is 0 Å². The average Bonchev–Trinajstić information content (AvgIpc) is 2.29. The molecule has 0 radical (unpaired) electrons. The number of aliphatic imine (C=N–C) groups is 1. The van der Waals surface area contributed by atoms with Gasteiger partial charge in [-0.2, -0.15) is 4.39 Å². The summed E-state index contributed by atoms with van der Waals surface area (Å²) < 4.78 is 12.4. The van der Waals surface area contributed by atoms with E-state index in [4.69, 9.17) is 5.73 Å². The lowest BCUT2D eigenvalue weighted by atomic mass is 9.74.